The first-order valence-electron chi connectivity index (χ1n) is 11.2. The molecule has 1 unspecified atom stereocenters. The first-order chi connectivity index (χ1) is 15.2. The third-order valence-corrected chi connectivity index (χ3v) is 6.83. The van der Waals surface area contributed by atoms with E-state index in [0.29, 0.717) is 17.6 Å². The van der Waals surface area contributed by atoms with E-state index in [1.165, 1.54) is 36.1 Å². The van der Waals surface area contributed by atoms with Crippen LogP contribution >= 0.6 is 0 Å². The minimum absolute atomic E-state index is 0.0196. The van der Waals surface area contributed by atoms with E-state index in [-0.39, 0.29) is 17.4 Å². The number of carboxylic acid groups (broad SMARTS) is 1. The van der Waals surface area contributed by atoms with Gasteiger partial charge in [-0.2, -0.15) is 0 Å². The lowest BCUT2D eigenvalue weighted by Crippen LogP contribution is -2.35. The van der Waals surface area contributed by atoms with Crippen molar-refractivity contribution in [2.75, 3.05) is 14.2 Å². The molecule has 1 fully saturated rings. The average molecular weight is 436 g/mol. The highest BCUT2D eigenvalue weighted by Gasteiger charge is 2.40. The van der Waals surface area contributed by atoms with Gasteiger partial charge in [0.1, 0.15) is 11.6 Å². The van der Waals surface area contributed by atoms with Crippen LogP contribution in [0, 0.1) is 17.7 Å². The summed E-state index contributed by atoms with van der Waals surface area (Å²) < 4.78 is 20.1. The lowest BCUT2D eigenvalue weighted by Gasteiger charge is -2.41. The van der Waals surface area contributed by atoms with E-state index in [1.54, 1.807) is 13.2 Å². The zero-order valence-corrected chi connectivity index (χ0v) is 19.2. The molecule has 0 heterocycles. The van der Waals surface area contributed by atoms with E-state index < -0.39 is 11.8 Å². The van der Waals surface area contributed by atoms with Crippen LogP contribution in [0.25, 0.3) is 0 Å². The number of halogens is 1. The average Bonchev–Trinajstić information content (AvgIpc) is 3.58. The molecule has 2 aliphatic carbocycles. The van der Waals surface area contributed by atoms with Crippen molar-refractivity contribution in [3.63, 3.8) is 0 Å². The second-order valence-corrected chi connectivity index (χ2v) is 9.60. The number of carbonyl (C=O) groups is 1. The van der Waals surface area contributed by atoms with Crippen LogP contribution in [0.2, 0.25) is 0 Å². The molecule has 32 heavy (non-hydrogen) atoms. The molecule has 0 bridgehead atoms. The van der Waals surface area contributed by atoms with Gasteiger partial charge in [-0.05, 0) is 73.5 Å². The molecule has 5 heteroatoms. The molecule has 0 aromatic heterocycles. The number of fused-ring (bicyclic) bond motifs is 1. The van der Waals surface area contributed by atoms with Crippen molar-refractivity contribution in [1.82, 2.24) is 4.90 Å². The highest BCUT2D eigenvalue weighted by molar-refractivity contribution is 5.70. The van der Waals surface area contributed by atoms with Crippen molar-refractivity contribution in [3.05, 3.63) is 64.0 Å². The van der Waals surface area contributed by atoms with E-state index in [2.05, 4.69) is 43.7 Å². The van der Waals surface area contributed by atoms with Gasteiger partial charge >= 0.3 is 5.97 Å². The largest absolute Gasteiger partial charge is 0.496 e. The van der Waals surface area contributed by atoms with Crippen molar-refractivity contribution < 1.29 is 19.0 Å². The summed E-state index contributed by atoms with van der Waals surface area (Å²) in [7, 11) is 3.93. The molecular formula is C27H30FNO3. The summed E-state index contributed by atoms with van der Waals surface area (Å²) in [6.45, 7) is 4.54. The normalized spacial score (nSPS) is 19.1. The number of benzene rings is 2. The molecule has 2 aromatic rings. The predicted octanol–water partition coefficient (Wildman–Crippen LogP) is 5.07. The second-order valence-electron chi connectivity index (χ2n) is 9.60. The fourth-order valence-electron chi connectivity index (χ4n) is 4.77. The van der Waals surface area contributed by atoms with Crippen molar-refractivity contribution in [1.29, 1.82) is 0 Å². The van der Waals surface area contributed by atoms with Crippen LogP contribution in [0.4, 0.5) is 4.39 Å². The van der Waals surface area contributed by atoms with Crippen molar-refractivity contribution in [2.45, 2.75) is 63.5 Å². The zero-order chi connectivity index (χ0) is 23.0. The van der Waals surface area contributed by atoms with Crippen LogP contribution in [0.15, 0.2) is 30.3 Å². The Morgan fingerprint density at radius 2 is 1.91 bits per heavy atom. The third-order valence-electron chi connectivity index (χ3n) is 6.83. The van der Waals surface area contributed by atoms with Crippen molar-refractivity contribution in [2.24, 2.45) is 0 Å². The number of ether oxygens (including phenoxy) is 1. The number of carboxylic acids is 1. The number of methoxy groups -OCH3 is 1. The maximum absolute atomic E-state index is 14.2. The van der Waals surface area contributed by atoms with Gasteiger partial charge in [0.05, 0.1) is 13.5 Å². The Hall–Kier alpha value is -2.84. The summed E-state index contributed by atoms with van der Waals surface area (Å²) in [5.41, 5.74) is 4.07. The first kappa shape index (κ1) is 22.4. The summed E-state index contributed by atoms with van der Waals surface area (Å²) in [5, 5.41) is 8.88. The predicted molar refractivity (Wildman–Crippen MR) is 122 cm³/mol. The number of hydrogen-bond acceptors (Lipinski definition) is 3. The topological polar surface area (TPSA) is 49.8 Å². The van der Waals surface area contributed by atoms with Gasteiger partial charge in [-0.3, -0.25) is 9.69 Å². The summed E-state index contributed by atoms with van der Waals surface area (Å²) in [6.07, 6.45) is 4.39. The van der Waals surface area contributed by atoms with Gasteiger partial charge < -0.3 is 9.84 Å². The highest BCUT2D eigenvalue weighted by Crippen LogP contribution is 2.49. The van der Waals surface area contributed by atoms with E-state index in [1.807, 2.05) is 6.07 Å². The number of hydrogen-bond donors (Lipinski definition) is 1. The summed E-state index contributed by atoms with van der Waals surface area (Å²) in [4.78, 5) is 13.3. The maximum atomic E-state index is 14.2. The van der Waals surface area contributed by atoms with Gasteiger partial charge in [0.2, 0.25) is 0 Å². The van der Waals surface area contributed by atoms with E-state index in [0.717, 1.165) is 24.2 Å². The smallest absolute Gasteiger partial charge is 0.307 e. The van der Waals surface area contributed by atoms with Crippen LogP contribution in [0.1, 0.15) is 73.4 Å². The van der Waals surface area contributed by atoms with Crippen LogP contribution in [-0.4, -0.2) is 36.2 Å². The Labute approximate surface area is 189 Å². The second kappa shape index (κ2) is 8.60. The molecule has 2 aromatic carbocycles. The van der Waals surface area contributed by atoms with Crippen LogP contribution in [-0.2, 0) is 16.6 Å². The summed E-state index contributed by atoms with van der Waals surface area (Å²) in [6, 6.07) is 9.60. The molecule has 1 atom stereocenters. The van der Waals surface area contributed by atoms with Gasteiger partial charge in [0.25, 0.3) is 0 Å². The Balaban J connectivity index is 1.70. The van der Waals surface area contributed by atoms with Crippen molar-refractivity contribution >= 4 is 5.97 Å². The fraction of sp³-hybridized carbons (Fsp3) is 0.444. The minimum atomic E-state index is -1.06. The minimum Gasteiger partial charge on any atom is -0.496 e. The molecule has 1 saturated carbocycles. The van der Waals surface area contributed by atoms with Gasteiger partial charge in [0, 0.05) is 28.8 Å². The molecular weight excluding hydrogens is 405 g/mol. The number of aliphatic carboxylic acids is 1. The Bertz CT molecular complexity index is 1110. The summed E-state index contributed by atoms with van der Waals surface area (Å²) >= 11 is 0. The molecule has 2 aliphatic rings. The van der Waals surface area contributed by atoms with E-state index >= 15 is 0 Å². The maximum Gasteiger partial charge on any atom is 0.307 e. The highest BCUT2D eigenvalue weighted by atomic mass is 19.1. The zero-order valence-electron chi connectivity index (χ0n) is 19.2. The summed E-state index contributed by atoms with van der Waals surface area (Å²) in [5.74, 6) is 5.45. The fourth-order valence-corrected chi connectivity index (χ4v) is 4.77. The van der Waals surface area contributed by atoms with Crippen LogP contribution in [0.5, 0.6) is 5.75 Å². The Kier molecular flexibility index (Phi) is 6.01. The van der Waals surface area contributed by atoms with Gasteiger partial charge in [0.15, 0.2) is 0 Å². The molecule has 0 saturated heterocycles. The molecule has 168 valence electrons. The van der Waals surface area contributed by atoms with Crippen LogP contribution in [0.3, 0.4) is 0 Å². The van der Waals surface area contributed by atoms with E-state index in [4.69, 9.17) is 9.84 Å². The Morgan fingerprint density at radius 3 is 2.53 bits per heavy atom. The van der Waals surface area contributed by atoms with Crippen molar-refractivity contribution in [3.8, 4) is 17.6 Å². The lowest BCUT2D eigenvalue weighted by atomic mass is 9.70. The van der Waals surface area contributed by atoms with Gasteiger partial charge in [-0.1, -0.05) is 31.8 Å². The Morgan fingerprint density at radius 1 is 1.19 bits per heavy atom. The molecule has 0 amide bonds. The quantitative estimate of drug-likeness (QED) is 0.667. The molecule has 4 nitrogen and oxygen atoms in total. The molecule has 1 N–H and O–H groups in total. The first-order valence-corrected chi connectivity index (χ1v) is 11.2. The molecule has 4 rings (SSSR count). The molecule has 0 spiro atoms. The molecule has 0 radical (unpaired) electrons. The van der Waals surface area contributed by atoms with Gasteiger partial charge in [-0.25, -0.2) is 4.39 Å². The number of nitrogens with zero attached hydrogens (tertiary/aromatic N) is 1. The SMILES string of the molecule is COc1cc(C#Cc2ccc(CC(=O)O)c(F)c2)cc2c1C(N(C)C1CC1)CCC2(C)C. The standard InChI is InChI=1S/C27H30FNO3/c1-27(2)12-11-23(29(3)20-9-10-20)26-21(27)13-18(15-24(26)32-4)6-5-17-7-8-19(16-25(30)31)22(28)14-17/h7-8,13-15,20,23H,9-12,16H2,1-4H3,(H,30,31). The molecule has 0 aliphatic heterocycles. The van der Waals surface area contributed by atoms with Gasteiger partial charge in [-0.15, -0.1) is 0 Å². The number of rotatable bonds is 5. The van der Waals surface area contributed by atoms with Crippen LogP contribution < -0.4 is 4.74 Å². The third kappa shape index (κ3) is 4.52. The lowest BCUT2D eigenvalue weighted by molar-refractivity contribution is -0.136. The monoisotopic (exact) mass is 435 g/mol. The van der Waals surface area contributed by atoms with E-state index in [9.17, 15) is 9.18 Å².